The summed E-state index contributed by atoms with van der Waals surface area (Å²) >= 11 is 5.99. The maximum absolute atomic E-state index is 12.8. The lowest BCUT2D eigenvalue weighted by atomic mass is 9.86. The van der Waals surface area contributed by atoms with E-state index in [0.717, 1.165) is 5.56 Å². The van der Waals surface area contributed by atoms with Gasteiger partial charge in [-0.3, -0.25) is 14.4 Å². The van der Waals surface area contributed by atoms with Gasteiger partial charge >= 0.3 is 0 Å². The number of Topliss-reactive ketones (excluding diaryl/α,β-unsaturated/α-hetero) is 1. The lowest BCUT2D eigenvalue weighted by Crippen LogP contribution is -2.42. The third kappa shape index (κ3) is 3.62. The van der Waals surface area contributed by atoms with Gasteiger partial charge in [0.1, 0.15) is 0 Å². The third-order valence-corrected chi connectivity index (χ3v) is 4.78. The maximum Gasteiger partial charge on any atom is 0.274 e. The minimum Gasteiger partial charge on any atom is -0.503 e. The van der Waals surface area contributed by atoms with E-state index in [9.17, 15) is 19.5 Å². The zero-order chi connectivity index (χ0) is 19.9. The first-order valence-corrected chi connectivity index (χ1v) is 9.02. The SMILES string of the molecule is CC(C)(C)C(=O)c1cn2c(c(O)c1=O)C(=O)N(Cc1cccc(Cl)c1)CC2. The number of nitrogens with zero attached hydrogens (tertiary/aromatic N) is 2. The van der Waals surface area contributed by atoms with Crippen LogP contribution in [-0.4, -0.2) is 32.8 Å². The van der Waals surface area contributed by atoms with Gasteiger partial charge < -0.3 is 14.6 Å². The molecule has 0 atom stereocenters. The van der Waals surface area contributed by atoms with Gasteiger partial charge in [-0.05, 0) is 17.7 Å². The Bertz CT molecular complexity index is 988. The molecule has 1 amide bonds. The average molecular weight is 389 g/mol. The van der Waals surface area contributed by atoms with E-state index in [1.165, 1.54) is 10.8 Å². The maximum atomic E-state index is 12.8. The van der Waals surface area contributed by atoms with E-state index < -0.39 is 22.5 Å². The van der Waals surface area contributed by atoms with Crippen molar-refractivity contribution < 1.29 is 14.7 Å². The summed E-state index contributed by atoms with van der Waals surface area (Å²) < 4.78 is 1.49. The molecular formula is C20H21ClN2O4. The molecule has 0 radical (unpaired) electrons. The molecule has 1 aliphatic rings. The molecule has 0 saturated carbocycles. The van der Waals surface area contributed by atoms with Crippen LogP contribution in [0.5, 0.6) is 5.75 Å². The van der Waals surface area contributed by atoms with Crippen molar-refractivity contribution >= 4 is 23.3 Å². The number of hydrogen-bond acceptors (Lipinski definition) is 4. The molecule has 27 heavy (non-hydrogen) atoms. The van der Waals surface area contributed by atoms with Crippen molar-refractivity contribution in [2.75, 3.05) is 6.54 Å². The number of halogens is 1. The number of fused-ring (bicyclic) bond motifs is 1. The number of pyridine rings is 1. The second-order valence-corrected chi connectivity index (χ2v) is 8.13. The monoisotopic (exact) mass is 388 g/mol. The topological polar surface area (TPSA) is 79.6 Å². The van der Waals surface area contributed by atoms with Crippen molar-refractivity contribution in [3.63, 3.8) is 0 Å². The van der Waals surface area contributed by atoms with Crippen molar-refractivity contribution in [3.05, 3.63) is 62.5 Å². The van der Waals surface area contributed by atoms with Gasteiger partial charge in [0.2, 0.25) is 5.43 Å². The van der Waals surface area contributed by atoms with Gasteiger partial charge in [-0.25, -0.2) is 0 Å². The Morgan fingerprint density at radius 3 is 2.56 bits per heavy atom. The van der Waals surface area contributed by atoms with Crippen LogP contribution in [0.15, 0.2) is 35.3 Å². The summed E-state index contributed by atoms with van der Waals surface area (Å²) in [5.41, 5.74) is -0.902. The van der Waals surface area contributed by atoms with E-state index >= 15 is 0 Å². The molecule has 7 heteroatoms. The summed E-state index contributed by atoms with van der Waals surface area (Å²) in [6.45, 7) is 6.19. The van der Waals surface area contributed by atoms with Crippen LogP contribution in [0.4, 0.5) is 0 Å². The molecular weight excluding hydrogens is 368 g/mol. The highest BCUT2D eigenvalue weighted by Crippen LogP contribution is 2.25. The Morgan fingerprint density at radius 2 is 1.93 bits per heavy atom. The van der Waals surface area contributed by atoms with Crippen LogP contribution in [-0.2, 0) is 13.1 Å². The first kappa shape index (κ1) is 19.2. The summed E-state index contributed by atoms with van der Waals surface area (Å²) in [7, 11) is 0. The number of rotatable bonds is 3. The van der Waals surface area contributed by atoms with E-state index in [1.54, 1.807) is 43.9 Å². The minimum atomic E-state index is -0.806. The molecule has 0 fully saturated rings. The number of carbonyl (C=O) groups is 2. The Kier molecular flexibility index (Phi) is 4.86. The number of ketones is 1. The van der Waals surface area contributed by atoms with E-state index in [1.807, 2.05) is 6.07 Å². The predicted octanol–water partition coefficient (Wildman–Crippen LogP) is 3.09. The van der Waals surface area contributed by atoms with Crippen molar-refractivity contribution in [2.45, 2.75) is 33.9 Å². The average Bonchev–Trinajstić information content (AvgIpc) is 2.59. The van der Waals surface area contributed by atoms with Gasteiger partial charge in [0.25, 0.3) is 5.91 Å². The minimum absolute atomic E-state index is 0.0845. The number of amides is 1. The molecule has 0 saturated heterocycles. The van der Waals surface area contributed by atoms with Gasteiger partial charge in [-0.15, -0.1) is 0 Å². The molecule has 1 aromatic heterocycles. The van der Waals surface area contributed by atoms with Crippen LogP contribution in [0, 0.1) is 5.41 Å². The first-order valence-electron chi connectivity index (χ1n) is 8.64. The van der Waals surface area contributed by atoms with E-state index in [-0.39, 0.29) is 17.0 Å². The molecule has 1 N–H and O–H groups in total. The fourth-order valence-electron chi connectivity index (χ4n) is 3.10. The summed E-state index contributed by atoms with van der Waals surface area (Å²) in [6.07, 6.45) is 1.39. The molecule has 1 aromatic carbocycles. The quantitative estimate of drug-likeness (QED) is 0.819. The van der Waals surface area contributed by atoms with Gasteiger partial charge in [-0.2, -0.15) is 0 Å². The molecule has 0 spiro atoms. The van der Waals surface area contributed by atoms with E-state index in [2.05, 4.69) is 0 Å². The highest BCUT2D eigenvalue weighted by atomic mass is 35.5. The smallest absolute Gasteiger partial charge is 0.274 e. The second-order valence-electron chi connectivity index (χ2n) is 7.70. The fraction of sp³-hybridized carbons (Fsp3) is 0.350. The van der Waals surface area contributed by atoms with Crippen LogP contribution in [0.3, 0.4) is 0 Å². The van der Waals surface area contributed by atoms with Crippen LogP contribution in [0.2, 0.25) is 5.02 Å². The Balaban J connectivity index is 1.98. The molecule has 3 rings (SSSR count). The predicted molar refractivity (Wildman–Crippen MR) is 102 cm³/mol. The van der Waals surface area contributed by atoms with Crippen molar-refractivity contribution in [1.29, 1.82) is 0 Å². The highest BCUT2D eigenvalue weighted by Gasteiger charge is 2.33. The fourth-order valence-corrected chi connectivity index (χ4v) is 3.32. The van der Waals surface area contributed by atoms with E-state index in [0.29, 0.717) is 24.7 Å². The highest BCUT2D eigenvalue weighted by molar-refractivity contribution is 6.30. The number of aromatic hydroxyl groups is 1. The van der Waals surface area contributed by atoms with Crippen LogP contribution >= 0.6 is 11.6 Å². The van der Waals surface area contributed by atoms with Gasteiger partial charge in [0.05, 0.1) is 5.56 Å². The molecule has 0 bridgehead atoms. The van der Waals surface area contributed by atoms with Crippen molar-refractivity contribution in [3.8, 4) is 5.75 Å². The molecule has 2 aromatic rings. The molecule has 0 aliphatic carbocycles. The third-order valence-electron chi connectivity index (χ3n) is 4.55. The van der Waals surface area contributed by atoms with Crippen molar-refractivity contribution in [2.24, 2.45) is 5.41 Å². The summed E-state index contributed by atoms with van der Waals surface area (Å²) in [4.78, 5) is 39.4. The standard InChI is InChI=1S/C20H21ClN2O4/c1-20(2,3)18(26)14-11-22-7-8-23(10-12-5-4-6-13(21)9-12)19(27)15(22)17(25)16(14)24/h4-6,9,11,25H,7-8,10H2,1-3H3. The van der Waals surface area contributed by atoms with Gasteiger partial charge in [-0.1, -0.05) is 44.5 Å². The molecule has 0 unspecified atom stereocenters. The number of carbonyl (C=O) groups excluding carboxylic acids is 2. The molecule has 1 aliphatic heterocycles. The Labute approximate surface area is 162 Å². The molecule has 142 valence electrons. The zero-order valence-corrected chi connectivity index (χ0v) is 16.2. The molecule has 6 nitrogen and oxygen atoms in total. The largest absolute Gasteiger partial charge is 0.503 e. The van der Waals surface area contributed by atoms with Crippen LogP contribution in [0.1, 0.15) is 47.2 Å². The normalized spacial score (nSPS) is 14.2. The number of aromatic nitrogens is 1. The van der Waals surface area contributed by atoms with Gasteiger partial charge in [0.15, 0.2) is 17.2 Å². The summed E-state index contributed by atoms with van der Waals surface area (Å²) in [5, 5.41) is 11.0. The number of hydrogen-bond donors (Lipinski definition) is 1. The second kappa shape index (κ2) is 6.85. The zero-order valence-electron chi connectivity index (χ0n) is 15.5. The number of benzene rings is 1. The summed E-state index contributed by atoms with van der Waals surface area (Å²) in [5.74, 6) is -1.50. The molecule has 2 heterocycles. The van der Waals surface area contributed by atoms with Crippen molar-refractivity contribution in [1.82, 2.24) is 9.47 Å². The van der Waals surface area contributed by atoms with Gasteiger partial charge in [0, 0.05) is 36.3 Å². The lowest BCUT2D eigenvalue weighted by Gasteiger charge is -2.31. The lowest BCUT2D eigenvalue weighted by molar-refractivity contribution is 0.0680. The Morgan fingerprint density at radius 1 is 1.22 bits per heavy atom. The van der Waals surface area contributed by atoms with Crippen LogP contribution < -0.4 is 5.43 Å². The van der Waals surface area contributed by atoms with E-state index in [4.69, 9.17) is 11.6 Å². The Hall–Kier alpha value is -2.60. The summed E-state index contributed by atoms with van der Waals surface area (Å²) in [6, 6.07) is 7.16. The van der Waals surface area contributed by atoms with Crippen LogP contribution in [0.25, 0.3) is 0 Å². The first-order chi connectivity index (χ1) is 12.6.